The Bertz CT molecular complexity index is 119. The molecule has 1 atom stereocenters. The highest BCUT2D eigenvalue weighted by molar-refractivity contribution is 6.17. The molecule has 0 spiro atoms. The van der Waals surface area contributed by atoms with Gasteiger partial charge in [-0.25, -0.2) is 0 Å². The Morgan fingerprint density at radius 1 is 1.07 bits per heavy atom. The topological polar surface area (TPSA) is 43.7 Å². The number of nitrogens with zero attached hydrogens (tertiary/aromatic N) is 1. The number of hydrogen-bond donors (Lipinski definition) is 2. The van der Waals surface area contributed by atoms with Gasteiger partial charge in [-0.3, -0.25) is 4.90 Å². The van der Waals surface area contributed by atoms with Crippen molar-refractivity contribution in [1.82, 2.24) is 4.90 Å². The molecular weight excluding hydrogens is 202 g/mol. The number of halogens is 1. The maximum Gasteiger partial charge on any atom is 0.0558 e. The molecule has 3 nitrogen and oxygen atoms in total. The maximum absolute atomic E-state index is 8.79. The molecule has 0 fully saturated rings. The second-order valence-electron chi connectivity index (χ2n) is 3.66. The molecule has 0 heterocycles. The van der Waals surface area contributed by atoms with Gasteiger partial charge in [-0.05, 0) is 25.3 Å². The maximum atomic E-state index is 8.79. The van der Waals surface area contributed by atoms with E-state index in [-0.39, 0.29) is 13.2 Å². The molecule has 0 saturated heterocycles. The van der Waals surface area contributed by atoms with Crippen LogP contribution in [0.5, 0.6) is 0 Å². The zero-order valence-electron chi connectivity index (χ0n) is 8.95. The number of rotatable bonds is 9. The van der Waals surface area contributed by atoms with Crippen LogP contribution in [0.25, 0.3) is 0 Å². The van der Waals surface area contributed by atoms with E-state index in [1.807, 2.05) is 0 Å². The van der Waals surface area contributed by atoms with Crippen molar-refractivity contribution in [1.29, 1.82) is 0 Å². The SMILES string of the molecule is CC(CCCl)CCN(CCO)CCO. The third-order valence-corrected chi connectivity index (χ3v) is 2.59. The predicted octanol–water partition coefficient (Wildman–Crippen LogP) is 0.928. The monoisotopic (exact) mass is 223 g/mol. The highest BCUT2D eigenvalue weighted by atomic mass is 35.5. The Morgan fingerprint density at radius 2 is 1.64 bits per heavy atom. The normalized spacial score (nSPS) is 13.5. The van der Waals surface area contributed by atoms with Gasteiger partial charge < -0.3 is 10.2 Å². The summed E-state index contributed by atoms with van der Waals surface area (Å²) < 4.78 is 0. The highest BCUT2D eigenvalue weighted by Crippen LogP contribution is 2.09. The lowest BCUT2D eigenvalue weighted by Gasteiger charge is -2.21. The zero-order valence-corrected chi connectivity index (χ0v) is 9.71. The van der Waals surface area contributed by atoms with Crippen LogP contribution in [0.4, 0.5) is 0 Å². The van der Waals surface area contributed by atoms with E-state index < -0.39 is 0 Å². The van der Waals surface area contributed by atoms with Gasteiger partial charge in [0.25, 0.3) is 0 Å². The van der Waals surface area contributed by atoms with Gasteiger partial charge in [0.2, 0.25) is 0 Å². The van der Waals surface area contributed by atoms with Crippen LogP contribution >= 0.6 is 11.6 Å². The average Bonchev–Trinajstić information content (AvgIpc) is 2.15. The first kappa shape index (κ1) is 14.2. The Hall–Kier alpha value is 0.170. The smallest absolute Gasteiger partial charge is 0.0558 e. The molecule has 1 unspecified atom stereocenters. The molecule has 0 amide bonds. The van der Waals surface area contributed by atoms with Crippen LogP contribution < -0.4 is 0 Å². The number of aliphatic hydroxyl groups excluding tert-OH is 2. The van der Waals surface area contributed by atoms with E-state index >= 15 is 0 Å². The van der Waals surface area contributed by atoms with E-state index in [9.17, 15) is 0 Å². The molecule has 0 aliphatic heterocycles. The van der Waals surface area contributed by atoms with Crippen molar-refractivity contribution in [3.05, 3.63) is 0 Å². The van der Waals surface area contributed by atoms with Crippen LogP contribution in [0.1, 0.15) is 19.8 Å². The Balaban J connectivity index is 3.57. The average molecular weight is 224 g/mol. The summed E-state index contributed by atoms with van der Waals surface area (Å²) in [5, 5.41) is 17.6. The summed E-state index contributed by atoms with van der Waals surface area (Å²) in [7, 11) is 0. The van der Waals surface area contributed by atoms with Crippen LogP contribution in [0, 0.1) is 5.92 Å². The molecule has 0 aliphatic rings. The van der Waals surface area contributed by atoms with E-state index in [2.05, 4.69) is 11.8 Å². The lowest BCUT2D eigenvalue weighted by atomic mass is 10.1. The molecule has 0 aliphatic carbocycles. The van der Waals surface area contributed by atoms with Crippen molar-refractivity contribution < 1.29 is 10.2 Å². The fourth-order valence-electron chi connectivity index (χ4n) is 1.35. The van der Waals surface area contributed by atoms with E-state index in [1.165, 1.54) is 0 Å². The van der Waals surface area contributed by atoms with Crippen LogP contribution in [0.15, 0.2) is 0 Å². The van der Waals surface area contributed by atoms with Crippen molar-refractivity contribution in [3.8, 4) is 0 Å². The standard InChI is InChI=1S/C10H22ClNO2/c1-10(2-4-11)3-5-12(6-8-13)7-9-14/h10,13-14H,2-9H2,1H3. The molecule has 0 aromatic heterocycles. The summed E-state index contributed by atoms with van der Waals surface area (Å²) in [4.78, 5) is 2.07. The van der Waals surface area contributed by atoms with Crippen LogP contribution in [0.2, 0.25) is 0 Å². The summed E-state index contributed by atoms with van der Waals surface area (Å²) in [5.74, 6) is 1.33. The van der Waals surface area contributed by atoms with E-state index in [1.54, 1.807) is 0 Å². The summed E-state index contributed by atoms with van der Waals surface area (Å²) in [5.41, 5.74) is 0. The van der Waals surface area contributed by atoms with Crippen molar-refractivity contribution in [2.45, 2.75) is 19.8 Å². The number of aliphatic hydroxyl groups is 2. The van der Waals surface area contributed by atoms with Crippen LogP contribution in [-0.4, -0.2) is 53.8 Å². The first-order valence-corrected chi connectivity index (χ1v) is 5.78. The van der Waals surface area contributed by atoms with Gasteiger partial charge in [-0.15, -0.1) is 11.6 Å². The fourth-order valence-corrected chi connectivity index (χ4v) is 1.72. The van der Waals surface area contributed by atoms with Crippen molar-refractivity contribution in [2.24, 2.45) is 5.92 Å². The minimum Gasteiger partial charge on any atom is -0.395 e. The first-order valence-electron chi connectivity index (χ1n) is 5.24. The molecule has 0 aromatic rings. The van der Waals surface area contributed by atoms with E-state index in [0.717, 1.165) is 19.4 Å². The van der Waals surface area contributed by atoms with Crippen LogP contribution in [0.3, 0.4) is 0 Å². The minimum absolute atomic E-state index is 0.157. The summed E-state index contributed by atoms with van der Waals surface area (Å²) >= 11 is 5.64. The highest BCUT2D eigenvalue weighted by Gasteiger charge is 2.06. The summed E-state index contributed by atoms with van der Waals surface area (Å²) in [6.45, 7) is 4.72. The van der Waals surface area contributed by atoms with Gasteiger partial charge in [0.05, 0.1) is 13.2 Å². The van der Waals surface area contributed by atoms with Gasteiger partial charge in [0.15, 0.2) is 0 Å². The second kappa shape index (κ2) is 9.71. The molecule has 0 saturated carbocycles. The van der Waals surface area contributed by atoms with Crippen molar-refractivity contribution in [3.63, 3.8) is 0 Å². The molecule has 0 bridgehead atoms. The second-order valence-corrected chi connectivity index (χ2v) is 4.04. The molecule has 0 aromatic carbocycles. The molecule has 14 heavy (non-hydrogen) atoms. The Labute approximate surface area is 91.7 Å². The largest absolute Gasteiger partial charge is 0.395 e. The molecular formula is C10H22ClNO2. The zero-order chi connectivity index (χ0) is 10.8. The molecule has 86 valence electrons. The lowest BCUT2D eigenvalue weighted by molar-refractivity contribution is 0.155. The van der Waals surface area contributed by atoms with Gasteiger partial charge in [-0.1, -0.05) is 6.92 Å². The minimum atomic E-state index is 0.157. The fraction of sp³-hybridized carbons (Fsp3) is 1.00. The third kappa shape index (κ3) is 7.56. The van der Waals surface area contributed by atoms with Crippen LogP contribution in [-0.2, 0) is 0 Å². The summed E-state index contributed by atoms with van der Waals surface area (Å²) in [6, 6.07) is 0. The van der Waals surface area contributed by atoms with E-state index in [4.69, 9.17) is 21.8 Å². The van der Waals surface area contributed by atoms with Gasteiger partial charge in [0.1, 0.15) is 0 Å². The first-order chi connectivity index (χ1) is 6.74. The molecule has 2 N–H and O–H groups in total. The summed E-state index contributed by atoms with van der Waals surface area (Å²) in [6.07, 6.45) is 2.11. The Kier molecular flexibility index (Phi) is 9.83. The predicted molar refractivity (Wildman–Crippen MR) is 59.7 cm³/mol. The molecule has 0 radical (unpaired) electrons. The van der Waals surface area contributed by atoms with Gasteiger partial charge in [0, 0.05) is 19.0 Å². The third-order valence-electron chi connectivity index (χ3n) is 2.37. The van der Waals surface area contributed by atoms with Gasteiger partial charge >= 0.3 is 0 Å². The van der Waals surface area contributed by atoms with Crippen molar-refractivity contribution >= 4 is 11.6 Å². The van der Waals surface area contributed by atoms with E-state index in [0.29, 0.717) is 24.9 Å². The molecule has 0 rings (SSSR count). The van der Waals surface area contributed by atoms with Gasteiger partial charge in [-0.2, -0.15) is 0 Å². The number of alkyl halides is 1. The lowest BCUT2D eigenvalue weighted by Crippen LogP contribution is -2.31. The Morgan fingerprint density at radius 3 is 2.07 bits per heavy atom. The quantitative estimate of drug-likeness (QED) is 0.572. The van der Waals surface area contributed by atoms with Crippen molar-refractivity contribution in [2.75, 3.05) is 38.7 Å². The number of hydrogen-bond acceptors (Lipinski definition) is 3. The molecule has 4 heteroatoms.